The van der Waals surface area contributed by atoms with Crippen LogP contribution in [0, 0.1) is 0 Å². The first kappa shape index (κ1) is 18.7. The topological polar surface area (TPSA) is 82.6 Å². The standard InChI is InChI=1S/C25H20N6/c1-3-10-27-20(4-2)17-5-6-22-18(14-17)25(31-30-22)23-15-19-21(29-23)9-13-28-24(19)16-7-11-26-12-8-16/h3-15,29H,1H2,2H3,(H,30,31)/b20-4-,27-10?. The van der Waals surface area contributed by atoms with Crippen molar-refractivity contribution >= 4 is 33.7 Å². The van der Waals surface area contributed by atoms with Crippen molar-refractivity contribution in [2.24, 2.45) is 4.99 Å². The average Bonchev–Trinajstić information content (AvgIpc) is 3.43. The number of rotatable bonds is 5. The summed E-state index contributed by atoms with van der Waals surface area (Å²) >= 11 is 0. The van der Waals surface area contributed by atoms with Crippen molar-refractivity contribution in [3.05, 3.63) is 85.3 Å². The van der Waals surface area contributed by atoms with Crippen molar-refractivity contribution < 1.29 is 0 Å². The van der Waals surface area contributed by atoms with E-state index in [9.17, 15) is 0 Å². The highest BCUT2D eigenvalue weighted by molar-refractivity contribution is 6.00. The van der Waals surface area contributed by atoms with Gasteiger partial charge in [0.2, 0.25) is 0 Å². The Hall–Kier alpha value is -4.32. The fourth-order valence-electron chi connectivity index (χ4n) is 3.75. The molecule has 6 heteroatoms. The highest BCUT2D eigenvalue weighted by Gasteiger charge is 2.15. The number of allylic oxidation sites excluding steroid dienone is 2. The average molecular weight is 404 g/mol. The SMILES string of the molecule is C=CC=N/C(=C\C)c1ccc2[nH]nc(-c3cc4c(-c5ccncc5)nccc4[nH]3)c2c1. The molecule has 150 valence electrons. The van der Waals surface area contributed by atoms with Crippen LogP contribution in [0.5, 0.6) is 0 Å². The number of fused-ring (bicyclic) bond motifs is 2. The van der Waals surface area contributed by atoms with Crippen LogP contribution in [0.15, 0.2) is 84.8 Å². The molecular weight excluding hydrogens is 384 g/mol. The second kappa shape index (κ2) is 7.84. The third-order valence-corrected chi connectivity index (χ3v) is 5.21. The maximum atomic E-state index is 4.60. The van der Waals surface area contributed by atoms with Gasteiger partial charge >= 0.3 is 0 Å². The fourth-order valence-corrected chi connectivity index (χ4v) is 3.75. The Bertz CT molecular complexity index is 1450. The summed E-state index contributed by atoms with van der Waals surface area (Å²) < 4.78 is 0. The largest absolute Gasteiger partial charge is 0.353 e. The summed E-state index contributed by atoms with van der Waals surface area (Å²) in [5.74, 6) is 0. The molecular formula is C25H20N6. The molecule has 5 aromatic rings. The number of nitrogens with zero attached hydrogens (tertiary/aromatic N) is 4. The molecule has 0 aliphatic rings. The molecule has 0 unspecified atom stereocenters. The van der Waals surface area contributed by atoms with Gasteiger partial charge in [-0.1, -0.05) is 24.8 Å². The normalized spacial score (nSPS) is 12.2. The zero-order valence-electron chi connectivity index (χ0n) is 17.0. The summed E-state index contributed by atoms with van der Waals surface area (Å²) in [7, 11) is 0. The van der Waals surface area contributed by atoms with E-state index in [1.54, 1.807) is 24.7 Å². The molecule has 5 rings (SSSR count). The lowest BCUT2D eigenvalue weighted by atomic mass is 10.1. The van der Waals surface area contributed by atoms with Crippen molar-refractivity contribution in [1.29, 1.82) is 0 Å². The molecule has 2 N–H and O–H groups in total. The van der Waals surface area contributed by atoms with Crippen LogP contribution in [0.4, 0.5) is 0 Å². The summed E-state index contributed by atoms with van der Waals surface area (Å²) in [6.07, 6.45) is 10.7. The first-order valence-electron chi connectivity index (χ1n) is 9.97. The molecule has 6 nitrogen and oxygen atoms in total. The van der Waals surface area contributed by atoms with Gasteiger partial charge in [0.25, 0.3) is 0 Å². The van der Waals surface area contributed by atoms with Crippen LogP contribution in [-0.2, 0) is 0 Å². The third kappa shape index (κ3) is 3.34. The lowest BCUT2D eigenvalue weighted by Gasteiger charge is -2.02. The number of pyridine rings is 2. The first-order valence-corrected chi connectivity index (χ1v) is 9.97. The van der Waals surface area contributed by atoms with Crippen LogP contribution in [0.3, 0.4) is 0 Å². The number of hydrogen-bond donors (Lipinski definition) is 2. The van der Waals surface area contributed by atoms with Gasteiger partial charge in [-0.2, -0.15) is 5.10 Å². The van der Waals surface area contributed by atoms with Crippen LogP contribution in [0.1, 0.15) is 12.5 Å². The van der Waals surface area contributed by atoms with Crippen LogP contribution in [-0.4, -0.2) is 31.4 Å². The van der Waals surface area contributed by atoms with Crippen molar-refractivity contribution in [2.45, 2.75) is 6.92 Å². The molecule has 0 amide bonds. The van der Waals surface area contributed by atoms with Gasteiger partial charge in [-0.25, -0.2) is 0 Å². The molecule has 0 atom stereocenters. The predicted molar refractivity (Wildman–Crippen MR) is 127 cm³/mol. The molecule has 0 aliphatic carbocycles. The van der Waals surface area contributed by atoms with Gasteiger partial charge in [0, 0.05) is 52.2 Å². The maximum absolute atomic E-state index is 4.60. The Morgan fingerprint density at radius 1 is 0.968 bits per heavy atom. The van der Waals surface area contributed by atoms with Gasteiger partial charge in [0.05, 0.1) is 22.6 Å². The number of aromatic nitrogens is 5. The Kier molecular flexibility index (Phi) is 4.72. The number of nitrogens with one attached hydrogen (secondary N) is 2. The minimum absolute atomic E-state index is 0.858. The number of benzene rings is 1. The summed E-state index contributed by atoms with van der Waals surface area (Å²) in [4.78, 5) is 16.7. The van der Waals surface area contributed by atoms with Gasteiger partial charge < -0.3 is 4.98 Å². The lowest BCUT2D eigenvalue weighted by molar-refractivity contribution is 1.12. The number of aromatic amines is 2. The maximum Gasteiger partial charge on any atom is 0.116 e. The van der Waals surface area contributed by atoms with Gasteiger partial charge in [-0.15, -0.1) is 0 Å². The molecule has 0 saturated carbocycles. The summed E-state index contributed by atoms with van der Waals surface area (Å²) in [6.45, 7) is 5.68. The van der Waals surface area contributed by atoms with Crippen LogP contribution in [0.2, 0.25) is 0 Å². The number of hydrogen-bond acceptors (Lipinski definition) is 4. The van der Waals surface area contributed by atoms with E-state index in [0.29, 0.717) is 0 Å². The lowest BCUT2D eigenvalue weighted by Crippen LogP contribution is -1.84. The summed E-state index contributed by atoms with van der Waals surface area (Å²) in [6, 6.07) is 14.2. The fraction of sp³-hybridized carbons (Fsp3) is 0.0400. The Morgan fingerprint density at radius 2 is 1.81 bits per heavy atom. The first-order chi connectivity index (χ1) is 15.3. The minimum atomic E-state index is 0.858. The van der Waals surface area contributed by atoms with E-state index < -0.39 is 0 Å². The molecule has 4 aromatic heterocycles. The second-order valence-electron chi connectivity index (χ2n) is 7.06. The van der Waals surface area contributed by atoms with Gasteiger partial charge in [0.15, 0.2) is 0 Å². The molecule has 0 saturated heterocycles. The minimum Gasteiger partial charge on any atom is -0.353 e. The van der Waals surface area contributed by atoms with E-state index in [1.807, 2.05) is 49.5 Å². The molecule has 0 radical (unpaired) electrons. The molecule has 0 bridgehead atoms. The number of H-pyrrole nitrogens is 2. The van der Waals surface area contributed by atoms with Gasteiger partial charge in [-0.3, -0.25) is 20.1 Å². The molecule has 31 heavy (non-hydrogen) atoms. The molecule has 0 aliphatic heterocycles. The van der Waals surface area contributed by atoms with Crippen molar-refractivity contribution in [3.8, 4) is 22.6 Å². The van der Waals surface area contributed by atoms with Gasteiger partial charge in [0.1, 0.15) is 5.69 Å². The predicted octanol–water partition coefficient (Wildman–Crippen LogP) is 5.79. The Labute approximate surface area is 179 Å². The molecule has 4 heterocycles. The van der Waals surface area contributed by atoms with E-state index in [2.05, 4.69) is 48.9 Å². The zero-order chi connectivity index (χ0) is 21.2. The quantitative estimate of drug-likeness (QED) is 0.364. The van der Waals surface area contributed by atoms with Crippen molar-refractivity contribution in [3.63, 3.8) is 0 Å². The summed E-state index contributed by atoms with van der Waals surface area (Å²) in [5, 5.41) is 9.79. The highest BCUT2D eigenvalue weighted by atomic mass is 15.1. The molecule has 1 aromatic carbocycles. The van der Waals surface area contributed by atoms with E-state index in [4.69, 9.17) is 0 Å². The second-order valence-corrected chi connectivity index (χ2v) is 7.06. The zero-order valence-corrected chi connectivity index (χ0v) is 17.0. The van der Waals surface area contributed by atoms with Crippen molar-refractivity contribution in [2.75, 3.05) is 0 Å². The van der Waals surface area contributed by atoms with E-state index in [1.165, 1.54) is 0 Å². The van der Waals surface area contributed by atoms with Gasteiger partial charge in [-0.05, 0) is 43.3 Å². The smallest absolute Gasteiger partial charge is 0.116 e. The molecule has 0 spiro atoms. The molecule has 0 fully saturated rings. The Balaban J connectivity index is 1.65. The summed E-state index contributed by atoms with van der Waals surface area (Å²) in [5.41, 5.74) is 7.61. The van der Waals surface area contributed by atoms with E-state index in [-0.39, 0.29) is 0 Å². The monoisotopic (exact) mass is 404 g/mol. The Morgan fingerprint density at radius 3 is 2.61 bits per heavy atom. The third-order valence-electron chi connectivity index (χ3n) is 5.21. The van der Waals surface area contributed by atoms with Crippen LogP contribution >= 0.6 is 0 Å². The van der Waals surface area contributed by atoms with Crippen molar-refractivity contribution in [1.82, 2.24) is 25.1 Å². The van der Waals surface area contributed by atoms with E-state index >= 15 is 0 Å². The highest BCUT2D eigenvalue weighted by Crippen LogP contribution is 2.33. The van der Waals surface area contributed by atoms with E-state index in [0.717, 1.165) is 55.7 Å². The number of aliphatic imine (C=N–C) groups is 1. The van der Waals surface area contributed by atoms with Crippen LogP contribution in [0.25, 0.3) is 50.1 Å². The van der Waals surface area contributed by atoms with Crippen LogP contribution < -0.4 is 0 Å².